The lowest BCUT2D eigenvalue weighted by Crippen LogP contribution is -2.51. The van der Waals surface area contributed by atoms with Crippen molar-refractivity contribution in [1.82, 2.24) is 25.8 Å². The van der Waals surface area contributed by atoms with Crippen LogP contribution in [0.2, 0.25) is 0 Å². The highest BCUT2D eigenvalue weighted by Crippen LogP contribution is 2.39. The summed E-state index contributed by atoms with van der Waals surface area (Å²) in [6, 6.07) is 5.91. The summed E-state index contributed by atoms with van der Waals surface area (Å²) in [5.41, 5.74) is 12.9. The van der Waals surface area contributed by atoms with Gasteiger partial charge in [0.05, 0.1) is 53.8 Å². The van der Waals surface area contributed by atoms with Crippen LogP contribution in [0.5, 0.6) is 5.75 Å². The first-order valence-corrected chi connectivity index (χ1v) is 16.6. The SMILES string of the molecule is [B]C([B])([B])NC(=O)/C(N)=C(/C=C(\N)NC(=O)C1CC1)Nc1cccc(-c2ncc(C(=O)NC3CCC(N(CC)CC)CC3)s2)c1OC. The summed E-state index contributed by atoms with van der Waals surface area (Å²) in [5.74, 6) is -1.08. The number of anilines is 1. The van der Waals surface area contributed by atoms with Gasteiger partial charge in [0.25, 0.3) is 11.8 Å². The Labute approximate surface area is 284 Å². The van der Waals surface area contributed by atoms with Gasteiger partial charge >= 0.3 is 0 Å². The van der Waals surface area contributed by atoms with Gasteiger partial charge in [-0.1, -0.05) is 25.2 Å². The van der Waals surface area contributed by atoms with Gasteiger partial charge in [-0.05, 0) is 63.7 Å². The zero-order valence-corrected chi connectivity index (χ0v) is 27.9. The Hall–Kier alpha value is -3.91. The molecule has 2 fully saturated rings. The fourth-order valence-corrected chi connectivity index (χ4v) is 6.44. The minimum Gasteiger partial charge on any atom is -0.494 e. The Morgan fingerprint density at radius 2 is 1.77 bits per heavy atom. The lowest BCUT2D eigenvalue weighted by atomic mass is 9.49. The average Bonchev–Trinajstić information content (AvgIpc) is 3.77. The third-order valence-electron chi connectivity index (χ3n) is 8.19. The van der Waals surface area contributed by atoms with Gasteiger partial charge in [-0.3, -0.25) is 14.4 Å². The maximum Gasteiger partial charge on any atom is 0.267 e. The summed E-state index contributed by atoms with van der Waals surface area (Å²) < 4.78 is 5.75. The largest absolute Gasteiger partial charge is 0.494 e. The maximum atomic E-state index is 13.2. The van der Waals surface area contributed by atoms with Crippen molar-refractivity contribution in [2.45, 2.75) is 69.7 Å². The van der Waals surface area contributed by atoms with Crippen molar-refractivity contribution in [3.05, 3.63) is 52.6 Å². The highest BCUT2D eigenvalue weighted by Gasteiger charge is 2.30. The van der Waals surface area contributed by atoms with E-state index in [1.54, 1.807) is 24.4 Å². The van der Waals surface area contributed by atoms with E-state index in [4.69, 9.17) is 39.7 Å². The third-order valence-corrected chi connectivity index (χ3v) is 9.22. The van der Waals surface area contributed by atoms with E-state index in [9.17, 15) is 14.4 Å². The number of nitrogens with zero attached hydrogens (tertiary/aromatic N) is 2. The normalized spacial score (nSPS) is 19.0. The van der Waals surface area contributed by atoms with Crippen LogP contribution in [0.1, 0.15) is 62.0 Å². The molecule has 2 saturated carbocycles. The number of carbonyl (C=O) groups excluding carboxylic acids is 3. The molecule has 0 unspecified atom stereocenters. The van der Waals surface area contributed by atoms with Crippen molar-refractivity contribution in [2.24, 2.45) is 17.4 Å². The van der Waals surface area contributed by atoms with Crippen LogP contribution in [0.4, 0.5) is 5.69 Å². The zero-order valence-electron chi connectivity index (χ0n) is 27.1. The molecular weight excluding hydrogens is 613 g/mol. The van der Waals surface area contributed by atoms with E-state index in [1.807, 2.05) is 0 Å². The molecule has 2 aromatic rings. The number of nitrogens with two attached hydrogens (primary N) is 2. The van der Waals surface area contributed by atoms with Gasteiger partial charge in [-0.2, -0.15) is 0 Å². The van der Waals surface area contributed by atoms with Crippen LogP contribution in [-0.2, 0) is 9.59 Å². The molecular formula is C31H41B3N8O4S. The molecule has 6 radical (unpaired) electrons. The van der Waals surface area contributed by atoms with Crippen LogP contribution in [0.3, 0.4) is 0 Å². The van der Waals surface area contributed by atoms with Crippen LogP contribution in [-0.4, -0.2) is 88.7 Å². The van der Waals surface area contributed by atoms with Crippen molar-refractivity contribution < 1.29 is 19.1 Å². The number of hydrogen-bond acceptors (Lipinski definition) is 10. The topological polar surface area (TPSA) is 177 Å². The summed E-state index contributed by atoms with van der Waals surface area (Å²) in [7, 11) is 18.1. The van der Waals surface area contributed by atoms with Crippen LogP contribution in [0.25, 0.3) is 10.6 Å². The molecule has 0 saturated heterocycles. The van der Waals surface area contributed by atoms with Crippen molar-refractivity contribution in [3.8, 4) is 16.3 Å². The van der Waals surface area contributed by atoms with Gasteiger partial charge in [0.2, 0.25) is 5.91 Å². The van der Waals surface area contributed by atoms with E-state index >= 15 is 0 Å². The molecule has 8 N–H and O–H groups in total. The van der Waals surface area contributed by atoms with Crippen molar-refractivity contribution >= 4 is 58.3 Å². The van der Waals surface area contributed by atoms with E-state index in [2.05, 4.69) is 45.0 Å². The van der Waals surface area contributed by atoms with E-state index in [0.717, 1.165) is 51.6 Å². The Morgan fingerprint density at radius 1 is 1.09 bits per heavy atom. The number of methoxy groups -OCH3 is 1. The van der Waals surface area contributed by atoms with Gasteiger partial charge < -0.3 is 42.4 Å². The molecule has 0 aliphatic heterocycles. The number of carbonyl (C=O) groups is 3. The molecule has 2 aliphatic rings. The van der Waals surface area contributed by atoms with Crippen LogP contribution < -0.4 is 37.5 Å². The Balaban J connectivity index is 1.54. The number of ether oxygens (including phenoxy) is 1. The van der Waals surface area contributed by atoms with Crippen LogP contribution in [0.15, 0.2) is 47.7 Å². The number of rotatable bonds is 14. The molecule has 0 bridgehead atoms. The van der Waals surface area contributed by atoms with Gasteiger partial charge in [-0.15, -0.1) is 11.3 Å². The highest BCUT2D eigenvalue weighted by molar-refractivity contribution is 7.17. The number of hydrogen-bond donors (Lipinski definition) is 6. The smallest absolute Gasteiger partial charge is 0.267 e. The second-order valence-corrected chi connectivity index (χ2v) is 12.8. The molecule has 0 atom stereocenters. The molecule has 47 heavy (non-hydrogen) atoms. The van der Waals surface area contributed by atoms with Crippen LogP contribution in [0, 0.1) is 5.92 Å². The van der Waals surface area contributed by atoms with Crippen molar-refractivity contribution in [1.29, 1.82) is 0 Å². The van der Waals surface area contributed by atoms with Crippen molar-refractivity contribution in [3.63, 3.8) is 0 Å². The monoisotopic (exact) mass is 654 g/mol. The summed E-state index contributed by atoms with van der Waals surface area (Å²) >= 11 is 1.24. The lowest BCUT2D eigenvalue weighted by molar-refractivity contribution is -0.121. The first-order valence-electron chi connectivity index (χ1n) is 15.7. The molecule has 1 aromatic carbocycles. The molecule has 4 rings (SSSR count). The fraction of sp³-hybridized carbons (Fsp3) is 0.484. The third kappa shape index (κ3) is 9.80. The van der Waals surface area contributed by atoms with Gasteiger partial charge in [-0.25, -0.2) is 4.98 Å². The minimum atomic E-state index is -2.04. The molecule has 12 nitrogen and oxygen atoms in total. The van der Waals surface area contributed by atoms with Gasteiger partial charge in [0, 0.05) is 24.1 Å². The highest BCUT2D eigenvalue weighted by atomic mass is 32.1. The zero-order chi connectivity index (χ0) is 34.3. The Morgan fingerprint density at radius 3 is 2.36 bits per heavy atom. The summed E-state index contributed by atoms with van der Waals surface area (Å²) in [5, 5.41) is 9.53. The summed E-state index contributed by atoms with van der Waals surface area (Å²) in [6.45, 7) is 6.43. The number of thiazole rings is 1. The molecule has 3 amide bonds. The molecule has 16 heteroatoms. The predicted octanol–water partition coefficient (Wildman–Crippen LogP) is 1.34. The second-order valence-electron chi connectivity index (χ2n) is 11.8. The summed E-state index contributed by atoms with van der Waals surface area (Å²) in [4.78, 5) is 45.8. The molecule has 244 valence electrons. The second kappa shape index (κ2) is 15.8. The first-order chi connectivity index (χ1) is 22.3. The number of benzene rings is 1. The molecule has 0 spiro atoms. The molecule has 1 heterocycles. The lowest BCUT2D eigenvalue weighted by Gasteiger charge is -2.36. The number of para-hydroxylation sites is 1. The standard InChI is InChI=1S/C31H41B3N8O4S/c1-4-42(5-2)19-13-11-18(12-14-19)38-28(44)23-16-37-30(47-23)20-7-6-8-21(26(20)46-3)39-22(25(36)29(45)41-31(32,33)34)15-24(35)40-27(43)17-9-10-17/h6-8,15-19,39H,4-5,9-14,35-36H2,1-3H3,(H,38,44)(H,40,43)(H,41,45)/b24-15+,25-22+. The number of amides is 3. The first kappa shape index (κ1) is 35.9. The van der Waals surface area contributed by atoms with Crippen LogP contribution >= 0.6 is 11.3 Å². The number of nitrogens with one attached hydrogen (secondary N) is 4. The Kier molecular flexibility index (Phi) is 12.1. The maximum absolute atomic E-state index is 13.2. The average molecular weight is 654 g/mol. The van der Waals surface area contributed by atoms with E-state index in [-0.39, 0.29) is 41.0 Å². The van der Waals surface area contributed by atoms with E-state index in [1.165, 1.54) is 24.5 Å². The number of allylic oxidation sites excluding steroid dienone is 1. The van der Waals surface area contributed by atoms with Gasteiger partial charge in [0.1, 0.15) is 21.4 Å². The minimum absolute atomic E-state index is 0.00529. The van der Waals surface area contributed by atoms with E-state index < -0.39 is 11.1 Å². The van der Waals surface area contributed by atoms with Crippen molar-refractivity contribution in [2.75, 3.05) is 25.5 Å². The molecule has 2 aliphatic carbocycles. The molecule has 1 aromatic heterocycles. The Bertz CT molecular complexity index is 1510. The fourth-order valence-electron chi connectivity index (χ4n) is 5.60. The predicted molar refractivity (Wildman–Crippen MR) is 187 cm³/mol. The van der Waals surface area contributed by atoms with E-state index in [0.29, 0.717) is 32.9 Å². The quantitative estimate of drug-likeness (QED) is 0.0998. The number of aromatic nitrogens is 1. The summed E-state index contributed by atoms with van der Waals surface area (Å²) in [6.07, 6.45) is 8.38. The van der Waals surface area contributed by atoms with Gasteiger partial charge in [0.15, 0.2) is 5.75 Å².